The van der Waals surface area contributed by atoms with E-state index in [4.69, 9.17) is 9.47 Å². The van der Waals surface area contributed by atoms with Gasteiger partial charge in [-0.25, -0.2) is 0 Å². The summed E-state index contributed by atoms with van der Waals surface area (Å²) < 4.78 is 10.8. The Balaban J connectivity index is 1.65. The highest BCUT2D eigenvalue weighted by Crippen LogP contribution is 2.24. The van der Waals surface area contributed by atoms with Gasteiger partial charge in [-0.05, 0) is 42.0 Å². The third-order valence-electron chi connectivity index (χ3n) is 4.00. The molecule has 1 N–H and O–H groups in total. The first-order valence-corrected chi connectivity index (χ1v) is 8.49. The van der Waals surface area contributed by atoms with E-state index < -0.39 is 10.8 Å². The van der Waals surface area contributed by atoms with Crippen LogP contribution in [0.25, 0.3) is 0 Å². The van der Waals surface area contributed by atoms with Gasteiger partial charge in [-0.2, -0.15) is 0 Å². The highest BCUT2D eigenvalue weighted by molar-refractivity contribution is 5.98. The maximum Gasteiger partial charge on any atom is 0.282 e. The summed E-state index contributed by atoms with van der Waals surface area (Å²) in [6, 6.07) is 20.7. The van der Waals surface area contributed by atoms with Gasteiger partial charge in [-0.15, -0.1) is 0 Å². The molecule has 0 saturated heterocycles. The van der Waals surface area contributed by atoms with Crippen molar-refractivity contribution >= 4 is 11.6 Å². The maximum atomic E-state index is 12.4. The van der Waals surface area contributed by atoms with Crippen molar-refractivity contribution in [1.29, 1.82) is 0 Å². The van der Waals surface area contributed by atoms with Gasteiger partial charge in [0, 0.05) is 12.6 Å². The van der Waals surface area contributed by atoms with E-state index in [1.165, 1.54) is 25.3 Å². The molecule has 0 spiro atoms. The topological polar surface area (TPSA) is 90.7 Å². The summed E-state index contributed by atoms with van der Waals surface area (Å²) in [7, 11) is 1.43. The van der Waals surface area contributed by atoms with E-state index in [9.17, 15) is 14.9 Å². The highest BCUT2D eigenvalue weighted by atomic mass is 16.6. The van der Waals surface area contributed by atoms with Gasteiger partial charge in [0.15, 0.2) is 0 Å². The van der Waals surface area contributed by atoms with Crippen LogP contribution in [0.1, 0.15) is 15.9 Å². The summed E-state index contributed by atoms with van der Waals surface area (Å²) in [5, 5.41) is 13.8. The molecule has 0 aromatic heterocycles. The average Bonchev–Trinajstić information content (AvgIpc) is 2.73. The van der Waals surface area contributed by atoms with Gasteiger partial charge in [0.25, 0.3) is 11.6 Å². The summed E-state index contributed by atoms with van der Waals surface area (Å²) in [6.45, 7) is 0.221. The number of hydrogen-bond donors (Lipinski definition) is 1. The van der Waals surface area contributed by atoms with Crippen molar-refractivity contribution in [3.05, 3.63) is 94.0 Å². The summed E-state index contributed by atoms with van der Waals surface area (Å²) in [6.07, 6.45) is 0. The van der Waals surface area contributed by atoms with E-state index in [1.54, 1.807) is 12.1 Å². The van der Waals surface area contributed by atoms with E-state index in [0.29, 0.717) is 11.5 Å². The van der Waals surface area contributed by atoms with Crippen LogP contribution in [0.5, 0.6) is 17.2 Å². The Morgan fingerprint density at radius 2 is 1.61 bits per heavy atom. The van der Waals surface area contributed by atoms with Gasteiger partial charge >= 0.3 is 0 Å². The molecule has 0 heterocycles. The number of methoxy groups -OCH3 is 1. The van der Waals surface area contributed by atoms with Gasteiger partial charge < -0.3 is 14.8 Å². The minimum absolute atomic E-state index is 0.0478. The van der Waals surface area contributed by atoms with Crippen molar-refractivity contribution in [1.82, 2.24) is 5.32 Å². The minimum atomic E-state index is -0.593. The van der Waals surface area contributed by atoms with Crippen LogP contribution in [-0.4, -0.2) is 17.9 Å². The Morgan fingerprint density at radius 3 is 2.25 bits per heavy atom. The molecule has 142 valence electrons. The molecule has 3 aromatic carbocycles. The second kappa shape index (κ2) is 8.68. The third-order valence-corrected chi connectivity index (χ3v) is 4.00. The lowest BCUT2D eigenvalue weighted by molar-refractivity contribution is -0.385. The number of nitro groups is 1. The van der Waals surface area contributed by atoms with Gasteiger partial charge in [0.05, 0.1) is 12.0 Å². The van der Waals surface area contributed by atoms with Crippen LogP contribution < -0.4 is 14.8 Å². The third kappa shape index (κ3) is 4.64. The molecular formula is C21H18N2O5. The predicted molar refractivity (Wildman–Crippen MR) is 104 cm³/mol. The minimum Gasteiger partial charge on any atom is -0.497 e. The molecule has 0 bridgehead atoms. The van der Waals surface area contributed by atoms with Crippen LogP contribution in [0.4, 0.5) is 5.69 Å². The number of carbonyl (C=O) groups excluding carboxylic acids is 1. The van der Waals surface area contributed by atoms with E-state index in [0.717, 1.165) is 11.3 Å². The quantitative estimate of drug-likeness (QED) is 0.488. The lowest BCUT2D eigenvalue weighted by Gasteiger charge is -2.09. The largest absolute Gasteiger partial charge is 0.497 e. The van der Waals surface area contributed by atoms with Crippen molar-refractivity contribution in [2.24, 2.45) is 0 Å². The molecule has 1 amide bonds. The standard InChI is InChI=1S/C21H18N2O5/c1-27-18-11-12-20(23(25)26)19(13-18)21(24)22-14-15-7-9-17(10-8-15)28-16-5-3-2-4-6-16/h2-13H,14H2,1H3,(H,22,24). The molecule has 0 atom stereocenters. The maximum absolute atomic E-state index is 12.4. The van der Waals surface area contributed by atoms with Crippen LogP contribution in [0, 0.1) is 10.1 Å². The zero-order valence-electron chi connectivity index (χ0n) is 15.1. The first-order valence-electron chi connectivity index (χ1n) is 8.49. The fraction of sp³-hybridized carbons (Fsp3) is 0.0952. The number of ether oxygens (including phenoxy) is 2. The number of amides is 1. The number of nitrogens with one attached hydrogen (secondary N) is 1. The van der Waals surface area contributed by atoms with Crippen LogP contribution in [0.2, 0.25) is 0 Å². The monoisotopic (exact) mass is 378 g/mol. The second-order valence-corrected chi connectivity index (χ2v) is 5.88. The Hall–Kier alpha value is -3.87. The number of para-hydroxylation sites is 1. The summed E-state index contributed by atoms with van der Waals surface area (Å²) >= 11 is 0. The molecule has 7 nitrogen and oxygen atoms in total. The molecule has 0 radical (unpaired) electrons. The van der Waals surface area contributed by atoms with Gasteiger partial charge in [0.1, 0.15) is 22.8 Å². The van der Waals surface area contributed by atoms with Crippen molar-refractivity contribution < 1.29 is 19.2 Å². The fourth-order valence-corrected chi connectivity index (χ4v) is 2.56. The number of rotatable bonds is 7. The molecule has 0 aliphatic carbocycles. The summed E-state index contributed by atoms with van der Waals surface area (Å²) in [5.74, 6) is 1.23. The molecule has 28 heavy (non-hydrogen) atoms. The molecule has 0 saturated carbocycles. The zero-order chi connectivity index (χ0) is 19.9. The van der Waals surface area contributed by atoms with E-state index in [1.807, 2.05) is 42.5 Å². The van der Waals surface area contributed by atoms with Gasteiger partial charge in [0.2, 0.25) is 0 Å². The van der Waals surface area contributed by atoms with Crippen molar-refractivity contribution in [3.8, 4) is 17.2 Å². The first-order chi connectivity index (χ1) is 13.6. The highest BCUT2D eigenvalue weighted by Gasteiger charge is 2.20. The van der Waals surface area contributed by atoms with E-state index in [-0.39, 0.29) is 17.8 Å². The van der Waals surface area contributed by atoms with Crippen molar-refractivity contribution in [3.63, 3.8) is 0 Å². The molecule has 0 aliphatic rings. The first kappa shape index (κ1) is 18.9. The van der Waals surface area contributed by atoms with Gasteiger partial charge in [-0.3, -0.25) is 14.9 Å². The Kier molecular flexibility index (Phi) is 5.86. The number of carbonyl (C=O) groups is 1. The number of nitro benzene ring substituents is 1. The van der Waals surface area contributed by atoms with Crippen molar-refractivity contribution in [2.75, 3.05) is 7.11 Å². The summed E-state index contributed by atoms with van der Waals surface area (Å²) in [5.41, 5.74) is 0.512. The molecule has 3 aromatic rings. The zero-order valence-corrected chi connectivity index (χ0v) is 15.1. The van der Waals surface area contributed by atoms with E-state index >= 15 is 0 Å². The van der Waals surface area contributed by atoms with Crippen LogP contribution in [-0.2, 0) is 6.54 Å². The Labute approximate surface area is 161 Å². The van der Waals surface area contributed by atoms with Gasteiger partial charge in [-0.1, -0.05) is 30.3 Å². The Bertz CT molecular complexity index is 972. The molecule has 0 fully saturated rings. The SMILES string of the molecule is COc1ccc([N+](=O)[O-])c(C(=O)NCc2ccc(Oc3ccccc3)cc2)c1. The lowest BCUT2D eigenvalue weighted by atomic mass is 10.1. The predicted octanol–water partition coefficient (Wildman–Crippen LogP) is 4.33. The van der Waals surface area contributed by atoms with Crippen LogP contribution >= 0.6 is 0 Å². The van der Waals surface area contributed by atoms with E-state index in [2.05, 4.69) is 5.32 Å². The number of nitrogens with zero attached hydrogens (tertiary/aromatic N) is 1. The van der Waals surface area contributed by atoms with Crippen LogP contribution in [0.3, 0.4) is 0 Å². The van der Waals surface area contributed by atoms with Crippen LogP contribution in [0.15, 0.2) is 72.8 Å². The molecule has 3 rings (SSSR count). The van der Waals surface area contributed by atoms with Crippen molar-refractivity contribution in [2.45, 2.75) is 6.54 Å². The number of benzene rings is 3. The Morgan fingerprint density at radius 1 is 0.964 bits per heavy atom. The second-order valence-electron chi connectivity index (χ2n) is 5.88. The molecule has 7 heteroatoms. The summed E-state index contributed by atoms with van der Waals surface area (Å²) in [4.78, 5) is 23.0. The normalized spacial score (nSPS) is 10.2. The number of hydrogen-bond acceptors (Lipinski definition) is 5. The lowest BCUT2D eigenvalue weighted by Crippen LogP contribution is -2.23. The smallest absolute Gasteiger partial charge is 0.282 e. The average molecular weight is 378 g/mol. The fourth-order valence-electron chi connectivity index (χ4n) is 2.56. The molecule has 0 aliphatic heterocycles. The molecule has 0 unspecified atom stereocenters. The molecular weight excluding hydrogens is 360 g/mol.